The van der Waals surface area contributed by atoms with Crippen LogP contribution >= 0.6 is 0 Å². The number of rotatable bonds is 2. The lowest BCUT2D eigenvalue weighted by molar-refractivity contribution is 0.263. The largest absolute Gasteiger partial charge is 0.294 e. The zero-order valence-corrected chi connectivity index (χ0v) is 12.6. The first-order valence-corrected chi connectivity index (χ1v) is 8.72. The molecule has 0 aliphatic carbocycles. The highest BCUT2D eigenvalue weighted by atomic mass is 32.2. The molecular weight excluding hydrogens is 290 g/mol. The average Bonchev–Trinajstić information content (AvgIpc) is 2.47. The van der Waals surface area contributed by atoms with Gasteiger partial charge < -0.3 is 0 Å². The number of sulfonamides is 1. The van der Waals surface area contributed by atoms with Crippen LogP contribution in [0.5, 0.6) is 0 Å². The smallest absolute Gasteiger partial charge is 0.261 e. The molecule has 0 amide bonds. The number of fused-ring (bicyclic) bond motifs is 1. The second-order valence-electron chi connectivity index (χ2n) is 5.39. The Bertz CT molecular complexity index is 829. The molecule has 0 unspecified atom stereocenters. The van der Waals surface area contributed by atoms with E-state index in [0.717, 1.165) is 12.8 Å². The van der Waals surface area contributed by atoms with E-state index < -0.39 is 10.0 Å². The molecule has 1 atom stereocenters. The van der Waals surface area contributed by atoms with E-state index in [1.807, 2.05) is 6.07 Å². The molecule has 112 valence electrons. The number of hydrogen-bond donors (Lipinski definition) is 0. The first-order valence-electron chi connectivity index (χ1n) is 6.88. The van der Waals surface area contributed by atoms with Crippen LogP contribution < -0.4 is 5.56 Å². The van der Waals surface area contributed by atoms with E-state index in [0.29, 0.717) is 24.0 Å². The Morgan fingerprint density at radius 3 is 2.81 bits per heavy atom. The third kappa shape index (κ3) is 2.71. The minimum Gasteiger partial charge on any atom is -0.294 e. The molecular formula is C14H17N3O3S. The maximum atomic E-state index is 12.5. The van der Waals surface area contributed by atoms with E-state index in [1.54, 1.807) is 22.8 Å². The van der Waals surface area contributed by atoms with E-state index in [2.05, 4.69) is 4.98 Å². The summed E-state index contributed by atoms with van der Waals surface area (Å²) in [6.07, 6.45) is 4.26. The number of benzene rings is 1. The van der Waals surface area contributed by atoms with Crippen LogP contribution in [-0.4, -0.2) is 41.6 Å². The highest BCUT2D eigenvalue weighted by Gasteiger charge is 2.27. The summed E-state index contributed by atoms with van der Waals surface area (Å²) in [5.74, 6) is 0. The monoisotopic (exact) mass is 307 g/mol. The molecule has 6 nitrogen and oxygen atoms in total. The Morgan fingerprint density at radius 1 is 1.29 bits per heavy atom. The van der Waals surface area contributed by atoms with Crippen molar-refractivity contribution in [1.82, 2.24) is 13.9 Å². The molecule has 1 fully saturated rings. The molecule has 1 aromatic carbocycles. The van der Waals surface area contributed by atoms with Crippen molar-refractivity contribution in [1.29, 1.82) is 0 Å². The molecule has 1 saturated heterocycles. The van der Waals surface area contributed by atoms with Crippen molar-refractivity contribution in [3.63, 3.8) is 0 Å². The van der Waals surface area contributed by atoms with Gasteiger partial charge in [0.05, 0.1) is 29.5 Å². The van der Waals surface area contributed by atoms with Crippen molar-refractivity contribution < 1.29 is 8.42 Å². The maximum absolute atomic E-state index is 12.5. The fourth-order valence-corrected chi connectivity index (χ4v) is 3.70. The second kappa shape index (κ2) is 5.23. The van der Waals surface area contributed by atoms with E-state index in [1.165, 1.54) is 16.9 Å². The molecule has 21 heavy (non-hydrogen) atoms. The minimum atomic E-state index is -3.22. The molecule has 1 aliphatic heterocycles. The van der Waals surface area contributed by atoms with Gasteiger partial charge in [0, 0.05) is 13.1 Å². The lowest BCUT2D eigenvalue weighted by Gasteiger charge is -2.31. The predicted molar refractivity (Wildman–Crippen MR) is 80.7 cm³/mol. The molecule has 0 spiro atoms. The molecule has 0 radical (unpaired) electrons. The number of nitrogens with zero attached hydrogens (tertiary/aromatic N) is 3. The first-order chi connectivity index (χ1) is 9.97. The summed E-state index contributed by atoms with van der Waals surface area (Å²) in [5.41, 5.74) is 0.551. The van der Waals surface area contributed by atoms with E-state index in [9.17, 15) is 13.2 Å². The van der Waals surface area contributed by atoms with Crippen LogP contribution in [0.4, 0.5) is 0 Å². The Balaban J connectivity index is 2.01. The summed E-state index contributed by atoms with van der Waals surface area (Å²) in [6.45, 7) is 0.851. The normalized spacial score (nSPS) is 20.7. The highest BCUT2D eigenvalue weighted by molar-refractivity contribution is 7.88. The standard InChI is InChI=1S/C14H17N3O3S/c1-21(19,20)16-8-4-5-11(9-16)17-10-15-13-7-3-2-6-12(13)14(17)18/h2-3,6-7,10-11H,4-5,8-9H2,1H3/t11-/m0/s1. The maximum Gasteiger partial charge on any atom is 0.261 e. The number of hydrogen-bond acceptors (Lipinski definition) is 4. The van der Waals surface area contributed by atoms with Gasteiger partial charge in [-0.2, -0.15) is 0 Å². The van der Waals surface area contributed by atoms with Crippen LogP contribution in [0.15, 0.2) is 35.4 Å². The fraction of sp³-hybridized carbons (Fsp3) is 0.429. The summed E-state index contributed by atoms with van der Waals surface area (Å²) in [4.78, 5) is 16.8. The third-order valence-electron chi connectivity index (χ3n) is 3.91. The van der Waals surface area contributed by atoms with Crippen molar-refractivity contribution in [3.05, 3.63) is 40.9 Å². The quantitative estimate of drug-likeness (QED) is 0.829. The highest BCUT2D eigenvalue weighted by Crippen LogP contribution is 2.22. The van der Waals surface area contributed by atoms with Crippen molar-refractivity contribution in [2.24, 2.45) is 0 Å². The third-order valence-corrected chi connectivity index (χ3v) is 5.18. The molecule has 2 aromatic rings. The molecule has 1 aromatic heterocycles. The van der Waals surface area contributed by atoms with E-state index >= 15 is 0 Å². The van der Waals surface area contributed by atoms with Crippen LogP contribution in [0.1, 0.15) is 18.9 Å². The molecule has 1 aliphatic rings. The topological polar surface area (TPSA) is 72.3 Å². The average molecular weight is 307 g/mol. The molecule has 3 rings (SSSR count). The molecule has 2 heterocycles. The lowest BCUT2D eigenvalue weighted by atomic mass is 10.1. The van der Waals surface area contributed by atoms with Gasteiger partial charge in [-0.1, -0.05) is 12.1 Å². The van der Waals surface area contributed by atoms with Crippen molar-refractivity contribution in [2.45, 2.75) is 18.9 Å². The molecule has 7 heteroatoms. The summed E-state index contributed by atoms with van der Waals surface area (Å²) in [5, 5.41) is 0.566. The number of aromatic nitrogens is 2. The van der Waals surface area contributed by atoms with E-state index in [-0.39, 0.29) is 11.6 Å². The summed E-state index contributed by atoms with van der Waals surface area (Å²) in [6, 6.07) is 7.03. The van der Waals surface area contributed by atoms with Gasteiger partial charge in [-0.25, -0.2) is 17.7 Å². The zero-order chi connectivity index (χ0) is 15.0. The second-order valence-corrected chi connectivity index (χ2v) is 7.37. The van der Waals surface area contributed by atoms with Gasteiger partial charge in [-0.3, -0.25) is 9.36 Å². The molecule has 0 N–H and O–H groups in total. The Labute approximate surface area is 123 Å². The van der Waals surface area contributed by atoms with Gasteiger partial charge >= 0.3 is 0 Å². The number of piperidine rings is 1. The lowest BCUT2D eigenvalue weighted by Crippen LogP contribution is -2.42. The molecule has 0 saturated carbocycles. The van der Waals surface area contributed by atoms with E-state index in [4.69, 9.17) is 0 Å². The van der Waals surface area contributed by atoms with Crippen LogP contribution in [0.2, 0.25) is 0 Å². The van der Waals surface area contributed by atoms with Crippen LogP contribution in [-0.2, 0) is 10.0 Å². The Morgan fingerprint density at radius 2 is 2.05 bits per heavy atom. The number of para-hydroxylation sites is 1. The fourth-order valence-electron chi connectivity index (χ4n) is 2.79. The summed E-state index contributed by atoms with van der Waals surface area (Å²) in [7, 11) is -3.22. The zero-order valence-electron chi connectivity index (χ0n) is 11.8. The molecule has 0 bridgehead atoms. The van der Waals surface area contributed by atoms with Crippen molar-refractivity contribution in [2.75, 3.05) is 19.3 Å². The summed E-state index contributed by atoms with van der Waals surface area (Å²) >= 11 is 0. The van der Waals surface area contributed by atoms with Gasteiger partial charge in [-0.05, 0) is 25.0 Å². The SMILES string of the molecule is CS(=O)(=O)N1CCC[C@H](n2cnc3ccccc3c2=O)C1. The minimum absolute atomic E-state index is 0.110. The van der Waals surface area contributed by atoms with Crippen LogP contribution in [0, 0.1) is 0 Å². The van der Waals surface area contributed by atoms with Gasteiger partial charge in [0.25, 0.3) is 5.56 Å². The van der Waals surface area contributed by atoms with Crippen LogP contribution in [0.25, 0.3) is 10.9 Å². The van der Waals surface area contributed by atoms with Crippen LogP contribution in [0.3, 0.4) is 0 Å². The van der Waals surface area contributed by atoms with Gasteiger partial charge in [0.1, 0.15) is 0 Å². The van der Waals surface area contributed by atoms with Crippen molar-refractivity contribution >= 4 is 20.9 Å². The van der Waals surface area contributed by atoms with Crippen molar-refractivity contribution in [3.8, 4) is 0 Å². The van der Waals surface area contributed by atoms with Gasteiger partial charge in [-0.15, -0.1) is 0 Å². The van der Waals surface area contributed by atoms with Gasteiger partial charge in [0.15, 0.2) is 0 Å². The summed E-state index contributed by atoms with van der Waals surface area (Å²) < 4.78 is 26.4. The predicted octanol–water partition coefficient (Wildman–Crippen LogP) is 0.993. The van der Waals surface area contributed by atoms with Gasteiger partial charge in [0.2, 0.25) is 10.0 Å². The Hall–Kier alpha value is -1.73. The Kier molecular flexibility index (Phi) is 3.54. The first kappa shape index (κ1) is 14.2.